The van der Waals surface area contributed by atoms with Crippen LogP contribution in [-0.2, 0) is 6.42 Å². The lowest BCUT2D eigenvalue weighted by Crippen LogP contribution is -2.04. The number of methoxy groups -OCH3 is 1. The molecule has 2 nitrogen and oxygen atoms in total. The molecule has 0 fully saturated rings. The summed E-state index contributed by atoms with van der Waals surface area (Å²) in [4.78, 5) is 0. The monoisotopic (exact) mass is 290 g/mol. The first-order chi connectivity index (χ1) is 9.51. The van der Waals surface area contributed by atoms with Crippen LogP contribution in [0.3, 0.4) is 0 Å². The number of aryl methyl sites for hydroxylation is 2. The summed E-state index contributed by atoms with van der Waals surface area (Å²) in [6.07, 6.45) is 0.00273. The predicted octanol–water partition coefficient (Wildman–Crippen LogP) is 4.24. The van der Waals surface area contributed by atoms with Gasteiger partial charge in [-0.2, -0.15) is 0 Å². The molecule has 106 valence electrons. The molecule has 0 heterocycles. The minimum absolute atomic E-state index is 0.545. The Balaban J connectivity index is 2.23. The molecule has 0 aromatic heterocycles. The summed E-state index contributed by atoms with van der Waals surface area (Å²) in [6, 6.07) is 11.5. The van der Waals surface area contributed by atoms with Crippen LogP contribution in [-0.4, -0.2) is 12.2 Å². The third-order valence-corrected chi connectivity index (χ3v) is 3.62. The first kappa shape index (κ1) is 14.9. The Morgan fingerprint density at radius 1 is 1.15 bits per heavy atom. The van der Waals surface area contributed by atoms with E-state index in [0.29, 0.717) is 11.4 Å². The molecule has 0 aliphatic heterocycles. The Labute approximate surface area is 125 Å². The maximum Gasteiger partial charge on any atom is 0.124 e. The van der Waals surface area contributed by atoms with E-state index >= 15 is 0 Å². The summed E-state index contributed by atoms with van der Waals surface area (Å²) in [5, 5.41) is 11.1. The number of ether oxygens (including phenoxy) is 1. The fourth-order valence-electron chi connectivity index (χ4n) is 2.50. The van der Waals surface area contributed by atoms with E-state index in [2.05, 4.69) is 0 Å². The molecular formula is C17H19ClO2. The standard InChI is InChI=1S/C17H19ClO2/c1-11-7-14(8-12(2)17(11)20-3)16(19)10-13-5-4-6-15(18)9-13/h4-9,16,19H,10H2,1-3H3. The SMILES string of the molecule is COc1c(C)cc(C(O)Cc2cccc(Cl)c2)cc1C. The fraction of sp³-hybridized carbons (Fsp3) is 0.294. The van der Waals surface area contributed by atoms with Gasteiger partial charge in [-0.1, -0.05) is 23.7 Å². The zero-order valence-electron chi connectivity index (χ0n) is 12.0. The van der Waals surface area contributed by atoms with E-state index in [0.717, 1.165) is 28.0 Å². The van der Waals surface area contributed by atoms with Gasteiger partial charge in [-0.25, -0.2) is 0 Å². The van der Waals surface area contributed by atoms with Gasteiger partial charge in [0.25, 0.3) is 0 Å². The van der Waals surface area contributed by atoms with Gasteiger partial charge in [-0.05, 0) is 60.4 Å². The zero-order chi connectivity index (χ0) is 14.7. The number of halogens is 1. The smallest absolute Gasteiger partial charge is 0.124 e. The van der Waals surface area contributed by atoms with Crippen molar-refractivity contribution in [3.63, 3.8) is 0 Å². The Morgan fingerprint density at radius 2 is 1.80 bits per heavy atom. The predicted molar refractivity (Wildman–Crippen MR) is 82.6 cm³/mol. The van der Waals surface area contributed by atoms with Gasteiger partial charge in [0.15, 0.2) is 0 Å². The molecule has 0 spiro atoms. The first-order valence-electron chi connectivity index (χ1n) is 6.59. The van der Waals surface area contributed by atoms with E-state index in [1.165, 1.54) is 0 Å². The molecule has 1 atom stereocenters. The molecule has 0 radical (unpaired) electrons. The Bertz CT molecular complexity index is 585. The minimum Gasteiger partial charge on any atom is -0.496 e. The van der Waals surface area contributed by atoms with Crippen LogP contribution in [0.15, 0.2) is 36.4 Å². The number of rotatable bonds is 4. The average Bonchev–Trinajstić information content (AvgIpc) is 2.38. The van der Waals surface area contributed by atoms with Gasteiger partial charge in [-0.3, -0.25) is 0 Å². The lowest BCUT2D eigenvalue weighted by atomic mass is 9.97. The summed E-state index contributed by atoms with van der Waals surface area (Å²) in [5.41, 5.74) is 4.00. The van der Waals surface area contributed by atoms with Crippen LogP contribution in [0.5, 0.6) is 5.75 Å². The maximum atomic E-state index is 10.4. The van der Waals surface area contributed by atoms with Gasteiger partial charge in [0.1, 0.15) is 5.75 Å². The molecule has 0 aliphatic rings. The highest BCUT2D eigenvalue weighted by Gasteiger charge is 2.13. The third kappa shape index (κ3) is 3.33. The Hall–Kier alpha value is -1.51. The van der Waals surface area contributed by atoms with Gasteiger partial charge < -0.3 is 9.84 Å². The molecule has 0 saturated carbocycles. The Morgan fingerprint density at radius 3 is 2.35 bits per heavy atom. The lowest BCUT2D eigenvalue weighted by Gasteiger charge is -2.16. The molecule has 2 aromatic carbocycles. The molecule has 3 heteroatoms. The number of aliphatic hydroxyl groups excluding tert-OH is 1. The number of hydrogen-bond acceptors (Lipinski definition) is 2. The molecule has 20 heavy (non-hydrogen) atoms. The van der Waals surface area contributed by atoms with Gasteiger partial charge in [-0.15, -0.1) is 0 Å². The maximum absolute atomic E-state index is 10.4. The van der Waals surface area contributed by atoms with Crippen LogP contribution in [0.2, 0.25) is 5.02 Å². The van der Waals surface area contributed by atoms with E-state index in [9.17, 15) is 5.11 Å². The molecular weight excluding hydrogens is 272 g/mol. The molecule has 2 aromatic rings. The van der Waals surface area contributed by atoms with Gasteiger partial charge in [0.2, 0.25) is 0 Å². The summed E-state index contributed by atoms with van der Waals surface area (Å²) in [7, 11) is 1.66. The van der Waals surface area contributed by atoms with Gasteiger partial charge in [0, 0.05) is 11.4 Å². The number of hydrogen-bond donors (Lipinski definition) is 1. The number of benzene rings is 2. The van der Waals surface area contributed by atoms with Crippen molar-refractivity contribution in [3.8, 4) is 5.75 Å². The molecule has 0 amide bonds. The summed E-state index contributed by atoms with van der Waals surface area (Å²) < 4.78 is 5.35. The second kappa shape index (κ2) is 6.29. The van der Waals surface area contributed by atoms with Crippen molar-refractivity contribution in [2.24, 2.45) is 0 Å². The summed E-state index contributed by atoms with van der Waals surface area (Å²) in [6.45, 7) is 3.98. The van der Waals surface area contributed by atoms with Gasteiger partial charge in [0.05, 0.1) is 13.2 Å². The second-order valence-corrected chi connectivity index (χ2v) is 5.47. The van der Waals surface area contributed by atoms with Crippen molar-refractivity contribution in [3.05, 3.63) is 63.7 Å². The summed E-state index contributed by atoms with van der Waals surface area (Å²) >= 11 is 5.97. The van der Waals surface area contributed by atoms with Crippen LogP contribution in [0.4, 0.5) is 0 Å². The highest BCUT2D eigenvalue weighted by Crippen LogP contribution is 2.28. The molecule has 1 N–H and O–H groups in total. The molecule has 0 aliphatic carbocycles. The largest absolute Gasteiger partial charge is 0.496 e. The first-order valence-corrected chi connectivity index (χ1v) is 6.96. The van der Waals surface area contributed by atoms with E-state index in [-0.39, 0.29) is 0 Å². The van der Waals surface area contributed by atoms with Crippen molar-refractivity contribution < 1.29 is 9.84 Å². The normalized spacial score (nSPS) is 12.2. The van der Waals surface area contributed by atoms with Crippen LogP contribution in [0.25, 0.3) is 0 Å². The summed E-state index contributed by atoms with van der Waals surface area (Å²) in [5.74, 6) is 0.878. The molecule has 2 rings (SSSR count). The molecule has 0 bridgehead atoms. The van der Waals surface area contributed by atoms with Crippen molar-refractivity contribution in [1.29, 1.82) is 0 Å². The van der Waals surface area contributed by atoms with E-state index in [1.807, 2.05) is 50.2 Å². The highest BCUT2D eigenvalue weighted by molar-refractivity contribution is 6.30. The quantitative estimate of drug-likeness (QED) is 0.912. The van der Waals surface area contributed by atoms with Crippen molar-refractivity contribution in [1.82, 2.24) is 0 Å². The van der Waals surface area contributed by atoms with E-state index < -0.39 is 6.10 Å². The van der Waals surface area contributed by atoms with Crippen LogP contribution in [0.1, 0.15) is 28.4 Å². The minimum atomic E-state index is -0.545. The fourth-order valence-corrected chi connectivity index (χ4v) is 2.72. The topological polar surface area (TPSA) is 29.5 Å². The van der Waals surface area contributed by atoms with Crippen LogP contribution in [0, 0.1) is 13.8 Å². The van der Waals surface area contributed by atoms with Gasteiger partial charge >= 0.3 is 0 Å². The van der Waals surface area contributed by atoms with Crippen LogP contribution < -0.4 is 4.74 Å². The zero-order valence-corrected chi connectivity index (χ0v) is 12.7. The molecule has 0 saturated heterocycles. The van der Waals surface area contributed by atoms with E-state index in [4.69, 9.17) is 16.3 Å². The number of aliphatic hydroxyl groups is 1. The van der Waals surface area contributed by atoms with Crippen molar-refractivity contribution in [2.45, 2.75) is 26.4 Å². The van der Waals surface area contributed by atoms with Crippen molar-refractivity contribution in [2.75, 3.05) is 7.11 Å². The third-order valence-electron chi connectivity index (χ3n) is 3.39. The lowest BCUT2D eigenvalue weighted by molar-refractivity contribution is 0.178. The Kier molecular flexibility index (Phi) is 4.69. The van der Waals surface area contributed by atoms with Crippen molar-refractivity contribution >= 4 is 11.6 Å². The second-order valence-electron chi connectivity index (χ2n) is 5.04. The molecule has 1 unspecified atom stereocenters. The average molecular weight is 291 g/mol. The highest BCUT2D eigenvalue weighted by atomic mass is 35.5. The van der Waals surface area contributed by atoms with Crippen LogP contribution >= 0.6 is 11.6 Å². The van der Waals surface area contributed by atoms with E-state index in [1.54, 1.807) is 7.11 Å².